The number of aliphatic hydroxyl groups is 6. The molecule has 2 aliphatic heterocycles. The zero-order valence-corrected chi connectivity index (χ0v) is 29.1. The number of hydrogen-bond acceptors (Lipinski definition) is 16. The van der Waals surface area contributed by atoms with Crippen LogP contribution in [0.5, 0.6) is 0 Å². The molecule has 2 aliphatic rings. The first kappa shape index (κ1) is 45.6. The molecular formula is C32H54O20. The Bertz CT molecular complexity index is 996. The van der Waals surface area contributed by atoms with Gasteiger partial charge in [-0.3, -0.25) is 19.2 Å². The Hall–Kier alpha value is -2.60. The molecule has 0 amide bonds. The second-order valence-corrected chi connectivity index (χ2v) is 13.0. The highest BCUT2D eigenvalue weighted by atomic mass is 16.7. The summed E-state index contributed by atoms with van der Waals surface area (Å²) in [5, 5.41) is 98.6. The van der Waals surface area contributed by atoms with Crippen molar-refractivity contribution in [1.82, 2.24) is 0 Å². The summed E-state index contributed by atoms with van der Waals surface area (Å²) in [6, 6.07) is 0. The van der Waals surface area contributed by atoms with Crippen LogP contribution in [-0.2, 0) is 47.6 Å². The van der Waals surface area contributed by atoms with Gasteiger partial charge in [-0.25, -0.2) is 0 Å². The van der Waals surface area contributed by atoms with Gasteiger partial charge in [0.15, 0.2) is 24.4 Å². The van der Waals surface area contributed by atoms with Crippen LogP contribution in [0.3, 0.4) is 0 Å². The molecule has 0 aromatic heterocycles. The molecule has 0 aromatic carbocycles. The van der Waals surface area contributed by atoms with Crippen molar-refractivity contribution in [1.29, 1.82) is 0 Å². The van der Waals surface area contributed by atoms with Crippen molar-refractivity contribution >= 4 is 23.9 Å². The van der Waals surface area contributed by atoms with E-state index in [4.69, 9.17) is 48.8 Å². The fourth-order valence-corrected chi connectivity index (χ4v) is 5.63. The minimum absolute atomic E-state index is 0.0717. The SMILES string of the molecule is CC1O[C@@H](OC(COCCCCCC(C(=O)O)C(=O)O)C(COCCCCCC(C(=O)O)C(=O)O)O[C@@H]2OC(C)[C@@H](O)C(O)C2O)C(O)C(O)[C@@H]1O. The molecule has 0 bridgehead atoms. The summed E-state index contributed by atoms with van der Waals surface area (Å²) in [7, 11) is 0. The van der Waals surface area contributed by atoms with Crippen LogP contribution in [0.1, 0.15) is 65.2 Å². The Morgan fingerprint density at radius 3 is 1.13 bits per heavy atom. The molecule has 2 rings (SSSR count). The lowest BCUT2D eigenvalue weighted by atomic mass is 9.99. The summed E-state index contributed by atoms with van der Waals surface area (Å²) in [5.74, 6) is -8.84. The molecule has 12 atom stereocenters. The fraction of sp³-hybridized carbons (Fsp3) is 0.875. The number of carboxylic acids is 4. The lowest BCUT2D eigenvalue weighted by molar-refractivity contribution is -0.340. The number of unbranched alkanes of at least 4 members (excludes halogenated alkanes) is 4. The highest BCUT2D eigenvalue weighted by molar-refractivity contribution is 5.93. The number of rotatable bonds is 25. The molecule has 0 aromatic rings. The number of carboxylic acid groups (broad SMARTS) is 4. The monoisotopic (exact) mass is 758 g/mol. The Kier molecular flexibility index (Phi) is 19.8. The zero-order chi connectivity index (χ0) is 39.1. The third kappa shape index (κ3) is 14.0. The first-order valence-electron chi connectivity index (χ1n) is 17.2. The van der Waals surface area contributed by atoms with E-state index in [-0.39, 0.29) is 52.1 Å². The van der Waals surface area contributed by atoms with Crippen molar-refractivity contribution in [3.05, 3.63) is 0 Å². The molecule has 0 spiro atoms. The van der Waals surface area contributed by atoms with Crippen LogP contribution in [0, 0.1) is 11.8 Å². The van der Waals surface area contributed by atoms with E-state index in [2.05, 4.69) is 0 Å². The van der Waals surface area contributed by atoms with Crippen LogP contribution in [0.4, 0.5) is 0 Å². The van der Waals surface area contributed by atoms with E-state index in [0.717, 1.165) is 0 Å². The number of aliphatic hydroxyl groups excluding tert-OH is 6. The van der Waals surface area contributed by atoms with E-state index < -0.39 is 109 Å². The summed E-state index contributed by atoms with van der Waals surface area (Å²) in [6.45, 7) is 2.43. The van der Waals surface area contributed by atoms with Gasteiger partial charge >= 0.3 is 23.9 Å². The van der Waals surface area contributed by atoms with E-state index in [9.17, 15) is 49.8 Å². The summed E-state index contributed by atoms with van der Waals surface area (Å²) in [4.78, 5) is 44.5. The summed E-state index contributed by atoms with van der Waals surface area (Å²) < 4.78 is 34.8. The second kappa shape index (κ2) is 22.6. The van der Waals surface area contributed by atoms with E-state index in [1.165, 1.54) is 13.8 Å². The summed E-state index contributed by atoms with van der Waals surface area (Å²) >= 11 is 0. The van der Waals surface area contributed by atoms with Crippen molar-refractivity contribution in [2.24, 2.45) is 11.8 Å². The molecule has 302 valence electrons. The standard InChI is InChI=1S/C32H54O20/c1-15-21(33)23(35)25(37)31(49-15)51-19(13-47-11-7-3-5-9-17(27(39)40)28(41)42)20(52-32-26(38)24(36)22(34)16(2)50-32)14-48-12-8-4-6-10-18(29(43)44)30(45)46/h15-26,31-38H,3-14H2,1-2H3,(H,39,40)(H,41,42)(H,43,44)(H,45,46)/t15?,16?,19?,20?,21-,22-,23?,24?,25?,26?,31+,32+/m1/s1. The van der Waals surface area contributed by atoms with Crippen LogP contribution >= 0.6 is 0 Å². The molecule has 8 unspecified atom stereocenters. The molecule has 0 aliphatic carbocycles. The maximum atomic E-state index is 11.1. The number of carbonyl (C=O) groups is 4. The van der Waals surface area contributed by atoms with E-state index in [1.54, 1.807) is 0 Å². The van der Waals surface area contributed by atoms with Crippen LogP contribution < -0.4 is 0 Å². The third-order valence-corrected chi connectivity index (χ3v) is 8.97. The number of hydrogen-bond donors (Lipinski definition) is 10. The Morgan fingerprint density at radius 1 is 0.500 bits per heavy atom. The fourth-order valence-electron chi connectivity index (χ4n) is 5.63. The Labute approximate surface area is 299 Å². The van der Waals surface area contributed by atoms with Gasteiger partial charge in [0.1, 0.15) is 48.8 Å². The average Bonchev–Trinajstić information content (AvgIpc) is 3.07. The van der Waals surface area contributed by atoms with Gasteiger partial charge < -0.3 is 79.5 Å². The molecule has 2 heterocycles. The highest BCUT2D eigenvalue weighted by Gasteiger charge is 2.47. The van der Waals surface area contributed by atoms with Crippen LogP contribution in [0.25, 0.3) is 0 Å². The van der Waals surface area contributed by atoms with Crippen molar-refractivity contribution in [3.8, 4) is 0 Å². The van der Waals surface area contributed by atoms with Gasteiger partial charge in [-0.05, 0) is 39.5 Å². The predicted octanol–water partition coefficient (Wildman–Crippen LogP) is -1.86. The van der Waals surface area contributed by atoms with Crippen molar-refractivity contribution in [2.45, 2.75) is 139 Å². The van der Waals surface area contributed by atoms with E-state index >= 15 is 0 Å². The second-order valence-electron chi connectivity index (χ2n) is 13.0. The molecule has 2 fully saturated rings. The number of ether oxygens (including phenoxy) is 6. The largest absolute Gasteiger partial charge is 0.481 e. The normalized spacial score (nSPS) is 30.7. The van der Waals surface area contributed by atoms with Gasteiger partial charge in [0, 0.05) is 13.2 Å². The predicted molar refractivity (Wildman–Crippen MR) is 171 cm³/mol. The van der Waals surface area contributed by atoms with Crippen molar-refractivity contribution in [3.63, 3.8) is 0 Å². The first-order chi connectivity index (χ1) is 24.5. The van der Waals surface area contributed by atoms with Crippen molar-refractivity contribution in [2.75, 3.05) is 26.4 Å². The van der Waals surface area contributed by atoms with Crippen LogP contribution in [-0.4, -0.2) is 175 Å². The minimum Gasteiger partial charge on any atom is -0.481 e. The molecule has 20 heteroatoms. The lowest BCUT2D eigenvalue weighted by Crippen LogP contribution is -2.60. The molecule has 52 heavy (non-hydrogen) atoms. The van der Waals surface area contributed by atoms with Gasteiger partial charge in [0.05, 0.1) is 25.4 Å². The minimum atomic E-state index is -1.74. The Balaban J connectivity index is 2.16. The third-order valence-electron chi connectivity index (χ3n) is 8.97. The molecular weight excluding hydrogens is 704 g/mol. The molecule has 20 nitrogen and oxygen atoms in total. The highest BCUT2D eigenvalue weighted by Crippen LogP contribution is 2.27. The topological polar surface area (TPSA) is 326 Å². The molecule has 2 saturated heterocycles. The number of aliphatic carboxylic acids is 4. The van der Waals surface area contributed by atoms with E-state index in [1.807, 2.05) is 0 Å². The van der Waals surface area contributed by atoms with Crippen LogP contribution in [0.2, 0.25) is 0 Å². The van der Waals surface area contributed by atoms with E-state index in [0.29, 0.717) is 25.7 Å². The van der Waals surface area contributed by atoms with Crippen molar-refractivity contribution < 1.29 is 98.7 Å². The summed E-state index contributed by atoms with van der Waals surface area (Å²) in [5.41, 5.74) is 0. The average molecular weight is 759 g/mol. The molecule has 0 radical (unpaired) electrons. The summed E-state index contributed by atoms with van der Waals surface area (Å²) in [6.07, 6.45) is -15.2. The van der Waals surface area contributed by atoms with Gasteiger partial charge in [-0.1, -0.05) is 25.7 Å². The van der Waals surface area contributed by atoms with Gasteiger partial charge in [0.2, 0.25) is 0 Å². The van der Waals surface area contributed by atoms with Gasteiger partial charge in [0.25, 0.3) is 0 Å². The molecule has 0 saturated carbocycles. The maximum Gasteiger partial charge on any atom is 0.317 e. The zero-order valence-electron chi connectivity index (χ0n) is 29.1. The quantitative estimate of drug-likeness (QED) is 0.0360. The lowest BCUT2D eigenvalue weighted by Gasteiger charge is -2.43. The first-order valence-corrected chi connectivity index (χ1v) is 17.2. The smallest absolute Gasteiger partial charge is 0.317 e. The van der Waals surface area contributed by atoms with Gasteiger partial charge in [-0.2, -0.15) is 0 Å². The van der Waals surface area contributed by atoms with Crippen LogP contribution in [0.15, 0.2) is 0 Å². The maximum absolute atomic E-state index is 11.1. The van der Waals surface area contributed by atoms with Gasteiger partial charge in [-0.15, -0.1) is 0 Å². The Morgan fingerprint density at radius 2 is 0.827 bits per heavy atom. The molecule has 10 N–H and O–H groups in total.